The lowest BCUT2D eigenvalue weighted by molar-refractivity contribution is -0.384. The third-order valence-corrected chi connectivity index (χ3v) is 2.75. The normalized spacial score (nSPS) is 11.9. The molecule has 0 aliphatic rings. The monoisotopic (exact) mass is 276 g/mol. The van der Waals surface area contributed by atoms with Crippen LogP contribution in [0.15, 0.2) is 36.4 Å². The Balaban J connectivity index is 2.23. The molecule has 20 heavy (non-hydrogen) atoms. The number of nitro groups is 1. The van der Waals surface area contributed by atoms with Crippen molar-refractivity contribution >= 4 is 17.3 Å². The number of nitrogens with zero attached hydrogens (tertiary/aromatic N) is 2. The van der Waals surface area contributed by atoms with Gasteiger partial charge in [-0.25, -0.2) is 9.37 Å². The maximum absolute atomic E-state index is 13.1. The van der Waals surface area contributed by atoms with Crippen LogP contribution in [0, 0.1) is 15.9 Å². The minimum absolute atomic E-state index is 0.0492. The lowest BCUT2D eigenvalue weighted by Gasteiger charge is -2.15. The van der Waals surface area contributed by atoms with Gasteiger partial charge in [0, 0.05) is 0 Å². The van der Waals surface area contributed by atoms with Crippen molar-refractivity contribution in [2.75, 3.05) is 11.1 Å². The molecule has 1 aromatic carbocycles. The molecule has 0 aliphatic heterocycles. The van der Waals surface area contributed by atoms with Crippen LogP contribution in [0.1, 0.15) is 18.5 Å². The molecular weight excluding hydrogens is 263 g/mol. The Labute approximate surface area is 114 Å². The zero-order chi connectivity index (χ0) is 14.7. The standard InChI is InChI=1S/C13H13FN4O2/c1-8(9-3-2-4-10(14)5-9)16-13-7-11(18(19)20)6-12(15)17-13/h2-8H,1H3,(H3,15,16,17). The lowest BCUT2D eigenvalue weighted by atomic mass is 10.1. The maximum Gasteiger partial charge on any atom is 0.276 e. The van der Waals surface area contributed by atoms with Crippen LogP contribution < -0.4 is 11.1 Å². The fourth-order valence-electron chi connectivity index (χ4n) is 1.80. The van der Waals surface area contributed by atoms with Gasteiger partial charge in [-0.3, -0.25) is 10.1 Å². The van der Waals surface area contributed by atoms with Gasteiger partial charge >= 0.3 is 0 Å². The SMILES string of the molecule is CC(Nc1cc([N+](=O)[O-])cc(N)n1)c1cccc(F)c1. The quantitative estimate of drug-likeness (QED) is 0.661. The molecule has 0 radical (unpaired) electrons. The Hall–Kier alpha value is -2.70. The van der Waals surface area contributed by atoms with Crippen LogP contribution in [-0.4, -0.2) is 9.91 Å². The highest BCUT2D eigenvalue weighted by atomic mass is 19.1. The number of rotatable bonds is 4. The number of hydrogen-bond acceptors (Lipinski definition) is 5. The van der Waals surface area contributed by atoms with Crippen molar-refractivity contribution in [2.24, 2.45) is 0 Å². The number of halogens is 1. The second-order valence-electron chi connectivity index (χ2n) is 4.31. The van der Waals surface area contributed by atoms with E-state index < -0.39 is 4.92 Å². The average Bonchev–Trinajstić information content (AvgIpc) is 2.37. The third kappa shape index (κ3) is 3.19. The van der Waals surface area contributed by atoms with Crippen molar-refractivity contribution in [2.45, 2.75) is 13.0 Å². The number of pyridine rings is 1. The van der Waals surface area contributed by atoms with Crippen LogP contribution in [0.2, 0.25) is 0 Å². The summed E-state index contributed by atoms with van der Waals surface area (Å²) in [6.07, 6.45) is 0. The molecule has 2 aromatic rings. The molecular formula is C13H13FN4O2. The van der Waals surface area contributed by atoms with Crippen molar-refractivity contribution in [3.05, 3.63) is 57.9 Å². The second kappa shape index (κ2) is 5.52. The number of nitrogens with two attached hydrogens (primary N) is 1. The Kier molecular flexibility index (Phi) is 3.79. The van der Waals surface area contributed by atoms with E-state index in [1.54, 1.807) is 19.1 Å². The van der Waals surface area contributed by atoms with Gasteiger partial charge in [-0.15, -0.1) is 0 Å². The summed E-state index contributed by atoms with van der Waals surface area (Å²) in [5.74, 6) is -0.0238. The van der Waals surface area contributed by atoms with Gasteiger partial charge < -0.3 is 11.1 Å². The number of nitrogens with one attached hydrogen (secondary N) is 1. The zero-order valence-electron chi connectivity index (χ0n) is 10.7. The minimum atomic E-state index is -0.546. The van der Waals surface area contributed by atoms with Gasteiger partial charge in [0.1, 0.15) is 17.5 Å². The molecule has 6 nitrogen and oxygen atoms in total. The molecule has 1 unspecified atom stereocenters. The average molecular weight is 276 g/mol. The molecule has 1 heterocycles. The van der Waals surface area contributed by atoms with Crippen molar-refractivity contribution in [3.63, 3.8) is 0 Å². The molecule has 3 N–H and O–H groups in total. The van der Waals surface area contributed by atoms with Gasteiger partial charge in [0.25, 0.3) is 5.69 Å². The van der Waals surface area contributed by atoms with Gasteiger partial charge in [-0.1, -0.05) is 12.1 Å². The Bertz CT molecular complexity index is 648. The molecule has 0 spiro atoms. The van der Waals surface area contributed by atoms with E-state index in [1.807, 2.05) is 0 Å². The summed E-state index contributed by atoms with van der Waals surface area (Å²) in [7, 11) is 0. The van der Waals surface area contributed by atoms with Gasteiger partial charge in [0.2, 0.25) is 0 Å². The molecule has 2 rings (SSSR count). The molecule has 7 heteroatoms. The molecule has 1 aromatic heterocycles. The van der Waals surface area contributed by atoms with Crippen molar-refractivity contribution < 1.29 is 9.31 Å². The largest absolute Gasteiger partial charge is 0.383 e. The second-order valence-corrected chi connectivity index (χ2v) is 4.31. The van der Waals surface area contributed by atoms with E-state index in [9.17, 15) is 14.5 Å². The molecule has 0 saturated carbocycles. The summed E-state index contributed by atoms with van der Waals surface area (Å²) in [6.45, 7) is 1.80. The first-order chi connectivity index (χ1) is 9.45. The molecule has 0 fully saturated rings. The lowest BCUT2D eigenvalue weighted by Crippen LogP contribution is -2.09. The van der Waals surface area contributed by atoms with Crippen molar-refractivity contribution in [3.8, 4) is 0 Å². The smallest absolute Gasteiger partial charge is 0.276 e. The van der Waals surface area contributed by atoms with Gasteiger partial charge in [0.15, 0.2) is 0 Å². The zero-order valence-corrected chi connectivity index (χ0v) is 10.7. The first kappa shape index (κ1) is 13.7. The fraction of sp³-hybridized carbons (Fsp3) is 0.154. The highest BCUT2D eigenvalue weighted by Crippen LogP contribution is 2.23. The summed E-state index contributed by atoms with van der Waals surface area (Å²) in [6, 6.07) is 8.28. The van der Waals surface area contributed by atoms with Crippen LogP contribution in [0.25, 0.3) is 0 Å². The van der Waals surface area contributed by atoms with E-state index in [4.69, 9.17) is 5.73 Å². The Morgan fingerprint density at radius 1 is 1.40 bits per heavy atom. The van der Waals surface area contributed by atoms with Gasteiger partial charge in [-0.05, 0) is 24.6 Å². The van der Waals surface area contributed by atoms with Crippen molar-refractivity contribution in [1.82, 2.24) is 4.98 Å². The van der Waals surface area contributed by atoms with Gasteiger partial charge in [-0.2, -0.15) is 0 Å². The number of anilines is 2. The van der Waals surface area contributed by atoms with E-state index in [2.05, 4.69) is 10.3 Å². The van der Waals surface area contributed by atoms with Crippen LogP contribution in [0.4, 0.5) is 21.7 Å². The van der Waals surface area contributed by atoms with E-state index in [1.165, 1.54) is 24.3 Å². The maximum atomic E-state index is 13.1. The predicted molar refractivity (Wildman–Crippen MR) is 73.7 cm³/mol. The van der Waals surface area contributed by atoms with Crippen LogP contribution in [0.3, 0.4) is 0 Å². The number of hydrogen-bond donors (Lipinski definition) is 2. The Morgan fingerprint density at radius 3 is 2.80 bits per heavy atom. The first-order valence-corrected chi connectivity index (χ1v) is 5.89. The minimum Gasteiger partial charge on any atom is -0.383 e. The van der Waals surface area contributed by atoms with E-state index in [0.717, 1.165) is 0 Å². The first-order valence-electron chi connectivity index (χ1n) is 5.89. The number of nitrogen functional groups attached to an aromatic ring is 1. The molecule has 1 atom stereocenters. The number of benzene rings is 1. The molecule has 0 amide bonds. The van der Waals surface area contributed by atoms with Crippen LogP contribution >= 0.6 is 0 Å². The molecule has 0 aliphatic carbocycles. The third-order valence-electron chi connectivity index (χ3n) is 2.75. The Morgan fingerprint density at radius 2 is 2.15 bits per heavy atom. The van der Waals surface area contributed by atoms with E-state index >= 15 is 0 Å². The topological polar surface area (TPSA) is 94.1 Å². The predicted octanol–water partition coefficient (Wildman–Crippen LogP) is 2.88. The summed E-state index contributed by atoms with van der Waals surface area (Å²) >= 11 is 0. The highest BCUT2D eigenvalue weighted by Gasteiger charge is 2.12. The summed E-state index contributed by atoms with van der Waals surface area (Å²) in [5.41, 5.74) is 6.08. The van der Waals surface area contributed by atoms with Gasteiger partial charge in [0.05, 0.1) is 23.1 Å². The molecule has 0 saturated heterocycles. The van der Waals surface area contributed by atoms with Crippen LogP contribution in [-0.2, 0) is 0 Å². The van der Waals surface area contributed by atoms with E-state index in [0.29, 0.717) is 5.56 Å². The summed E-state index contributed by atoms with van der Waals surface area (Å²) in [4.78, 5) is 14.2. The summed E-state index contributed by atoms with van der Waals surface area (Å²) < 4.78 is 13.1. The highest BCUT2D eigenvalue weighted by molar-refractivity contribution is 5.53. The van der Waals surface area contributed by atoms with Crippen molar-refractivity contribution in [1.29, 1.82) is 0 Å². The molecule has 0 bridgehead atoms. The number of aromatic nitrogens is 1. The molecule has 104 valence electrons. The van der Waals surface area contributed by atoms with E-state index in [-0.39, 0.29) is 29.2 Å². The fourth-order valence-corrected chi connectivity index (χ4v) is 1.80. The summed E-state index contributed by atoms with van der Waals surface area (Å²) in [5, 5.41) is 13.7. The van der Waals surface area contributed by atoms with Crippen LogP contribution in [0.5, 0.6) is 0 Å².